The minimum absolute atomic E-state index is 0.0252. The summed E-state index contributed by atoms with van der Waals surface area (Å²) in [6, 6.07) is 7.60. The zero-order chi connectivity index (χ0) is 16.4. The summed E-state index contributed by atoms with van der Waals surface area (Å²) in [6.07, 6.45) is 0. The molecule has 2 heterocycles. The Kier molecular flexibility index (Phi) is 4.10. The molecule has 1 aromatic heterocycles. The van der Waals surface area contributed by atoms with Gasteiger partial charge in [-0.3, -0.25) is 14.7 Å². The Morgan fingerprint density at radius 3 is 2.30 bits per heavy atom. The first-order chi connectivity index (χ1) is 11.0. The number of hydrogen-bond donors (Lipinski definition) is 1. The third kappa shape index (κ3) is 3.23. The Balaban J connectivity index is 1.69. The van der Waals surface area contributed by atoms with Crippen LogP contribution in [0.25, 0.3) is 11.3 Å². The van der Waals surface area contributed by atoms with E-state index in [0.717, 1.165) is 5.56 Å². The lowest BCUT2D eigenvalue weighted by Gasteiger charge is -2.33. The van der Waals surface area contributed by atoms with Crippen LogP contribution in [-0.4, -0.2) is 58.0 Å². The second kappa shape index (κ2) is 6.20. The zero-order valence-electron chi connectivity index (χ0n) is 12.8. The van der Waals surface area contributed by atoms with Gasteiger partial charge in [-0.25, -0.2) is 4.39 Å². The number of benzene rings is 1. The lowest BCUT2D eigenvalue weighted by Crippen LogP contribution is -2.50. The first-order valence-electron chi connectivity index (χ1n) is 7.41. The van der Waals surface area contributed by atoms with Gasteiger partial charge in [-0.05, 0) is 30.3 Å². The molecule has 23 heavy (non-hydrogen) atoms. The van der Waals surface area contributed by atoms with E-state index in [1.807, 2.05) is 0 Å². The number of piperazine rings is 1. The Bertz CT molecular complexity index is 718. The van der Waals surface area contributed by atoms with Crippen LogP contribution in [0.2, 0.25) is 0 Å². The molecule has 1 fully saturated rings. The van der Waals surface area contributed by atoms with Crippen LogP contribution in [0.5, 0.6) is 0 Å². The second-order valence-corrected chi connectivity index (χ2v) is 5.47. The third-order valence-corrected chi connectivity index (χ3v) is 3.96. The van der Waals surface area contributed by atoms with Crippen molar-refractivity contribution in [3.63, 3.8) is 0 Å². The topological polar surface area (TPSA) is 69.3 Å². The summed E-state index contributed by atoms with van der Waals surface area (Å²) < 4.78 is 13.0. The summed E-state index contributed by atoms with van der Waals surface area (Å²) in [5.41, 5.74) is 1.72. The van der Waals surface area contributed by atoms with Crippen LogP contribution in [-0.2, 0) is 4.79 Å². The lowest BCUT2D eigenvalue weighted by molar-refractivity contribution is -0.130. The summed E-state index contributed by atoms with van der Waals surface area (Å²) in [5.74, 6) is -0.435. The van der Waals surface area contributed by atoms with Crippen molar-refractivity contribution in [2.45, 2.75) is 6.92 Å². The first-order valence-corrected chi connectivity index (χ1v) is 7.41. The molecule has 0 saturated carbocycles. The van der Waals surface area contributed by atoms with E-state index in [1.54, 1.807) is 28.0 Å². The Hall–Kier alpha value is -2.70. The van der Waals surface area contributed by atoms with E-state index in [-0.39, 0.29) is 17.6 Å². The second-order valence-electron chi connectivity index (χ2n) is 5.47. The van der Waals surface area contributed by atoms with Gasteiger partial charge in [0, 0.05) is 38.7 Å². The number of H-pyrrole nitrogens is 1. The van der Waals surface area contributed by atoms with Crippen LogP contribution in [0.1, 0.15) is 17.4 Å². The number of carbonyl (C=O) groups is 2. The molecule has 120 valence electrons. The number of aromatic amines is 1. The SMILES string of the molecule is CC(=O)N1CCN(C(=O)c2cc(-c3ccc(F)cc3)n[nH]2)CC1. The van der Waals surface area contributed by atoms with Crippen molar-refractivity contribution in [1.29, 1.82) is 0 Å². The number of hydrogen-bond acceptors (Lipinski definition) is 3. The summed E-state index contributed by atoms with van der Waals surface area (Å²) >= 11 is 0. The maximum atomic E-state index is 13.0. The van der Waals surface area contributed by atoms with E-state index in [4.69, 9.17) is 0 Å². The van der Waals surface area contributed by atoms with E-state index >= 15 is 0 Å². The Morgan fingerprint density at radius 2 is 1.70 bits per heavy atom. The van der Waals surface area contributed by atoms with E-state index in [1.165, 1.54) is 19.1 Å². The smallest absolute Gasteiger partial charge is 0.272 e. The Morgan fingerprint density at radius 1 is 1.09 bits per heavy atom. The molecule has 1 saturated heterocycles. The van der Waals surface area contributed by atoms with Crippen molar-refractivity contribution in [1.82, 2.24) is 20.0 Å². The van der Waals surface area contributed by atoms with Gasteiger partial charge in [-0.1, -0.05) is 0 Å². The van der Waals surface area contributed by atoms with Crippen LogP contribution in [0.4, 0.5) is 4.39 Å². The predicted molar refractivity (Wildman–Crippen MR) is 82.1 cm³/mol. The lowest BCUT2D eigenvalue weighted by atomic mass is 10.1. The van der Waals surface area contributed by atoms with Crippen molar-refractivity contribution < 1.29 is 14.0 Å². The molecule has 0 radical (unpaired) electrons. The van der Waals surface area contributed by atoms with Gasteiger partial charge in [-0.2, -0.15) is 5.10 Å². The van der Waals surface area contributed by atoms with Crippen molar-refractivity contribution in [3.05, 3.63) is 41.8 Å². The molecule has 1 aliphatic rings. The molecular formula is C16H17FN4O2. The molecule has 2 aromatic rings. The van der Waals surface area contributed by atoms with E-state index in [9.17, 15) is 14.0 Å². The van der Waals surface area contributed by atoms with Crippen LogP contribution >= 0.6 is 0 Å². The number of halogens is 1. The third-order valence-electron chi connectivity index (χ3n) is 3.96. The molecule has 2 amide bonds. The minimum Gasteiger partial charge on any atom is -0.339 e. The highest BCUT2D eigenvalue weighted by atomic mass is 19.1. The Labute approximate surface area is 132 Å². The van der Waals surface area contributed by atoms with Gasteiger partial charge in [0.2, 0.25) is 5.91 Å². The average molecular weight is 316 g/mol. The highest BCUT2D eigenvalue weighted by Gasteiger charge is 2.24. The summed E-state index contributed by atoms with van der Waals surface area (Å²) in [6.45, 7) is 3.62. The number of rotatable bonds is 2. The average Bonchev–Trinajstić information content (AvgIpc) is 3.05. The largest absolute Gasteiger partial charge is 0.339 e. The van der Waals surface area contributed by atoms with Gasteiger partial charge in [0.15, 0.2) is 0 Å². The molecule has 7 heteroatoms. The maximum Gasteiger partial charge on any atom is 0.272 e. The first kappa shape index (κ1) is 15.2. The molecular weight excluding hydrogens is 299 g/mol. The van der Waals surface area contributed by atoms with Crippen molar-refractivity contribution >= 4 is 11.8 Å². The number of nitrogens with one attached hydrogen (secondary N) is 1. The highest BCUT2D eigenvalue weighted by molar-refractivity contribution is 5.93. The molecule has 0 aliphatic carbocycles. The van der Waals surface area contributed by atoms with Gasteiger partial charge in [-0.15, -0.1) is 0 Å². The molecule has 1 N–H and O–H groups in total. The molecule has 1 aliphatic heterocycles. The molecule has 3 rings (SSSR count). The molecule has 1 aromatic carbocycles. The highest BCUT2D eigenvalue weighted by Crippen LogP contribution is 2.19. The van der Waals surface area contributed by atoms with Gasteiger partial charge >= 0.3 is 0 Å². The quantitative estimate of drug-likeness (QED) is 0.913. The molecule has 0 spiro atoms. The van der Waals surface area contributed by atoms with Crippen LogP contribution in [0, 0.1) is 5.82 Å². The fraction of sp³-hybridized carbons (Fsp3) is 0.312. The van der Waals surface area contributed by atoms with Gasteiger partial charge in [0.1, 0.15) is 11.5 Å². The van der Waals surface area contributed by atoms with Gasteiger partial charge in [0.05, 0.1) is 5.69 Å². The minimum atomic E-state index is -0.316. The van der Waals surface area contributed by atoms with Crippen molar-refractivity contribution in [2.24, 2.45) is 0 Å². The van der Waals surface area contributed by atoms with Crippen LogP contribution in [0.3, 0.4) is 0 Å². The summed E-state index contributed by atoms with van der Waals surface area (Å²) in [7, 11) is 0. The van der Waals surface area contributed by atoms with Gasteiger partial charge in [0.25, 0.3) is 5.91 Å². The van der Waals surface area contributed by atoms with Crippen LogP contribution in [0.15, 0.2) is 30.3 Å². The standard InChI is InChI=1S/C16H17FN4O2/c1-11(22)20-6-8-21(9-7-20)16(23)15-10-14(18-19-15)12-2-4-13(17)5-3-12/h2-5,10H,6-9H2,1H3,(H,18,19). The van der Waals surface area contributed by atoms with Gasteiger partial charge < -0.3 is 9.80 Å². The van der Waals surface area contributed by atoms with E-state index < -0.39 is 0 Å². The fourth-order valence-electron chi connectivity index (χ4n) is 2.59. The number of nitrogens with zero attached hydrogens (tertiary/aromatic N) is 3. The summed E-state index contributed by atoms with van der Waals surface area (Å²) in [5, 5.41) is 6.85. The fourth-order valence-corrected chi connectivity index (χ4v) is 2.59. The molecule has 0 unspecified atom stereocenters. The van der Waals surface area contributed by atoms with Crippen molar-refractivity contribution in [3.8, 4) is 11.3 Å². The number of aromatic nitrogens is 2. The van der Waals surface area contributed by atoms with Crippen LogP contribution < -0.4 is 0 Å². The number of carbonyl (C=O) groups excluding carboxylic acids is 2. The monoisotopic (exact) mass is 316 g/mol. The number of amides is 2. The predicted octanol–water partition coefficient (Wildman–Crippen LogP) is 1.52. The molecule has 6 nitrogen and oxygen atoms in total. The molecule has 0 atom stereocenters. The normalized spacial score (nSPS) is 14.9. The maximum absolute atomic E-state index is 13.0. The summed E-state index contributed by atoms with van der Waals surface area (Å²) in [4.78, 5) is 27.2. The van der Waals surface area contributed by atoms with E-state index in [2.05, 4.69) is 10.2 Å². The van der Waals surface area contributed by atoms with Crippen molar-refractivity contribution in [2.75, 3.05) is 26.2 Å². The van der Waals surface area contributed by atoms with E-state index in [0.29, 0.717) is 37.6 Å². The molecule has 0 bridgehead atoms. The zero-order valence-corrected chi connectivity index (χ0v) is 12.8.